The van der Waals surface area contributed by atoms with Crippen molar-refractivity contribution in [2.45, 2.75) is 20.8 Å². The number of ketones is 1. The van der Waals surface area contributed by atoms with E-state index in [0.29, 0.717) is 11.4 Å². The minimum absolute atomic E-state index is 0.0528. The predicted octanol–water partition coefficient (Wildman–Crippen LogP) is 2.96. The fourth-order valence-corrected chi connectivity index (χ4v) is 2.34. The molecule has 9 nitrogen and oxygen atoms in total. The SMILES string of the molecule is CCOC(=O)Nc1cccc(N=C(C)c2c(O)c(C(C)=O)c(O)oc2=O)c1. The van der Waals surface area contributed by atoms with E-state index >= 15 is 0 Å². The number of amides is 1. The molecular weight excluding hydrogens is 356 g/mol. The van der Waals surface area contributed by atoms with Crippen LogP contribution in [-0.4, -0.2) is 34.4 Å². The monoisotopic (exact) mass is 374 g/mol. The number of anilines is 1. The van der Waals surface area contributed by atoms with Crippen molar-refractivity contribution in [1.29, 1.82) is 0 Å². The molecule has 27 heavy (non-hydrogen) atoms. The summed E-state index contributed by atoms with van der Waals surface area (Å²) in [6, 6.07) is 6.36. The van der Waals surface area contributed by atoms with Crippen LogP contribution < -0.4 is 10.9 Å². The highest BCUT2D eigenvalue weighted by Crippen LogP contribution is 2.29. The Bertz CT molecular complexity index is 976. The van der Waals surface area contributed by atoms with Crippen molar-refractivity contribution in [3.63, 3.8) is 0 Å². The number of Topliss-reactive ketones (excluding diaryl/α,β-unsaturated/α-hetero) is 1. The predicted molar refractivity (Wildman–Crippen MR) is 97.3 cm³/mol. The standard InChI is InChI=1S/C18H18N2O7/c1-4-26-18(25)20-12-7-5-6-11(8-12)19-9(2)13-15(22)14(10(3)21)17(24)27-16(13)23/h5-8,22,24H,4H2,1-3H3,(H,20,25). The van der Waals surface area contributed by atoms with Crippen molar-refractivity contribution < 1.29 is 29.0 Å². The molecule has 0 bridgehead atoms. The van der Waals surface area contributed by atoms with Crippen molar-refractivity contribution in [2.24, 2.45) is 4.99 Å². The molecule has 0 spiro atoms. The molecule has 0 aliphatic carbocycles. The highest BCUT2D eigenvalue weighted by molar-refractivity contribution is 6.07. The number of nitrogens with zero attached hydrogens (tertiary/aromatic N) is 1. The third-order valence-electron chi connectivity index (χ3n) is 3.46. The number of benzene rings is 1. The van der Waals surface area contributed by atoms with Crippen molar-refractivity contribution in [3.05, 3.63) is 45.8 Å². The van der Waals surface area contributed by atoms with Gasteiger partial charge in [0.15, 0.2) is 5.78 Å². The Kier molecular flexibility index (Phi) is 5.96. The summed E-state index contributed by atoms with van der Waals surface area (Å²) < 4.78 is 9.39. The first-order valence-electron chi connectivity index (χ1n) is 7.94. The van der Waals surface area contributed by atoms with Gasteiger partial charge in [0.2, 0.25) is 0 Å². The molecule has 1 aromatic carbocycles. The zero-order chi connectivity index (χ0) is 20.1. The summed E-state index contributed by atoms with van der Waals surface area (Å²) in [7, 11) is 0. The van der Waals surface area contributed by atoms with Gasteiger partial charge in [-0.05, 0) is 39.0 Å². The molecular formula is C18H18N2O7. The van der Waals surface area contributed by atoms with Gasteiger partial charge in [-0.15, -0.1) is 0 Å². The largest absolute Gasteiger partial charge is 0.506 e. The average molecular weight is 374 g/mol. The number of hydrogen-bond acceptors (Lipinski definition) is 8. The molecule has 0 saturated heterocycles. The summed E-state index contributed by atoms with van der Waals surface area (Å²) in [4.78, 5) is 39.2. The van der Waals surface area contributed by atoms with Crippen molar-refractivity contribution >= 4 is 29.0 Å². The molecule has 0 radical (unpaired) electrons. The Labute approximate surface area is 153 Å². The summed E-state index contributed by atoms with van der Waals surface area (Å²) in [5.41, 5.74) is -1.07. The third kappa shape index (κ3) is 4.51. The summed E-state index contributed by atoms with van der Waals surface area (Å²) in [5.74, 6) is -2.34. The van der Waals surface area contributed by atoms with Gasteiger partial charge >= 0.3 is 11.7 Å². The lowest BCUT2D eigenvalue weighted by molar-refractivity contribution is 0.100. The molecule has 2 aromatic rings. The molecule has 142 valence electrons. The Morgan fingerprint density at radius 2 is 1.93 bits per heavy atom. The number of ether oxygens (including phenoxy) is 1. The molecule has 9 heteroatoms. The van der Waals surface area contributed by atoms with Crippen molar-refractivity contribution in [1.82, 2.24) is 0 Å². The Hall–Kier alpha value is -3.62. The molecule has 0 aliphatic heterocycles. The summed E-state index contributed by atoms with van der Waals surface area (Å²) in [6.07, 6.45) is -0.627. The van der Waals surface area contributed by atoms with E-state index in [2.05, 4.69) is 14.7 Å². The number of carbonyl (C=O) groups is 2. The van der Waals surface area contributed by atoms with Gasteiger partial charge in [0.1, 0.15) is 16.9 Å². The lowest BCUT2D eigenvalue weighted by Crippen LogP contribution is -2.15. The topological polar surface area (TPSA) is 138 Å². The van der Waals surface area contributed by atoms with Gasteiger partial charge in [-0.2, -0.15) is 0 Å². The molecule has 1 amide bonds. The van der Waals surface area contributed by atoms with Crippen LogP contribution >= 0.6 is 0 Å². The first-order chi connectivity index (χ1) is 12.7. The normalized spacial score (nSPS) is 11.1. The van der Waals surface area contributed by atoms with E-state index in [0.717, 1.165) is 6.92 Å². The Morgan fingerprint density at radius 1 is 1.22 bits per heavy atom. The summed E-state index contributed by atoms with van der Waals surface area (Å²) in [5, 5.41) is 22.3. The summed E-state index contributed by atoms with van der Waals surface area (Å²) >= 11 is 0. The second kappa shape index (κ2) is 8.17. The summed E-state index contributed by atoms with van der Waals surface area (Å²) in [6.45, 7) is 4.43. The minimum atomic E-state index is -1.04. The highest BCUT2D eigenvalue weighted by Gasteiger charge is 2.23. The lowest BCUT2D eigenvalue weighted by Gasteiger charge is -2.08. The molecule has 0 atom stereocenters. The van der Waals surface area contributed by atoms with Crippen LogP contribution in [0.3, 0.4) is 0 Å². The fourth-order valence-electron chi connectivity index (χ4n) is 2.34. The fraction of sp³-hybridized carbons (Fsp3) is 0.222. The molecule has 0 saturated carbocycles. The van der Waals surface area contributed by atoms with Crippen molar-refractivity contribution in [2.75, 3.05) is 11.9 Å². The minimum Gasteiger partial charge on any atom is -0.506 e. The highest BCUT2D eigenvalue weighted by atomic mass is 16.5. The zero-order valence-corrected chi connectivity index (χ0v) is 14.9. The van der Waals surface area contributed by atoms with E-state index < -0.39 is 34.8 Å². The van der Waals surface area contributed by atoms with Gasteiger partial charge in [-0.1, -0.05) is 6.07 Å². The first kappa shape index (κ1) is 19.7. The van der Waals surface area contributed by atoms with E-state index in [1.165, 1.54) is 13.0 Å². The number of aromatic hydroxyl groups is 2. The van der Waals surface area contributed by atoms with Crippen LogP contribution in [0.5, 0.6) is 11.7 Å². The second-order valence-corrected chi connectivity index (χ2v) is 5.44. The zero-order valence-electron chi connectivity index (χ0n) is 14.9. The Balaban J connectivity index is 2.44. The van der Waals surface area contributed by atoms with Gasteiger partial charge in [0.05, 0.1) is 18.0 Å². The van der Waals surface area contributed by atoms with Crippen LogP contribution in [0.15, 0.2) is 38.5 Å². The maximum atomic E-state index is 12.0. The Morgan fingerprint density at radius 3 is 2.56 bits per heavy atom. The van der Waals surface area contributed by atoms with Crippen LogP contribution in [0.2, 0.25) is 0 Å². The van der Waals surface area contributed by atoms with Gasteiger partial charge in [0, 0.05) is 5.69 Å². The van der Waals surface area contributed by atoms with Gasteiger partial charge in [0.25, 0.3) is 5.95 Å². The molecule has 1 aromatic heterocycles. The average Bonchev–Trinajstić information content (AvgIpc) is 2.54. The number of hydrogen-bond donors (Lipinski definition) is 3. The van der Waals surface area contributed by atoms with Crippen LogP contribution in [0, 0.1) is 0 Å². The number of nitrogens with one attached hydrogen (secondary N) is 1. The van der Waals surface area contributed by atoms with E-state index in [1.54, 1.807) is 25.1 Å². The second-order valence-electron chi connectivity index (χ2n) is 5.44. The van der Waals surface area contributed by atoms with Gasteiger partial charge in [-0.25, -0.2) is 9.59 Å². The molecule has 1 heterocycles. The van der Waals surface area contributed by atoms with Gasteiger partial charge in [-0.3, -0.25) is 15.1 Å². The van der Waals surface area contributed by atoms with Crippen LogP contribution in [0.1, 0.15) is 36.7 Å². The first-order valence-corrected chi connectivity index (χ1v) is 7.94. The maximum absolute atomic E-state index is 12.0. The van der Waals surface area contributed by atoms with E-state index in [4.69, 9.17) is 4.74 Å². The number of aliphatic imine (C=N–C) groups is 1. The van der Waals surface area contributed by atoms with E-state index in [-0.39, 0.29) is 17.9 Å². The van der Waals surface area contributed by atoms with Gasteiger partial charge < -0.3 is 19.4 Å². The smallest absolute Gasteiger partial charge is 0.411 e. The number of carbonyl (C=O) groups excluding carboxylic acids is 2. The molecule has 0 unspecified atom stereocenters. The molecule has 0 fully saturated rings. The maximum Gasteiger partial charge on any atom is 0.411 e. The molecule has 3 N–H and O–H groups in total. The molecule has 2 rings (SSSR count). The molecule has 0 aliphatic rings. The van der Waals surface area contributed by atoms with Crippen LogP contribution in [0.4, 0.5) is 16.2 Å². The lowest BCUT2D eigenvalue weighted by atomic mass is 10.1. The van der Waals surface area contributed by atoms with Crippen LogP contribution in [-0.2, 0) is 4.74 Å². The van der Waals surface area contributed by atoms with Crippen LogP contribution in [0.25, 0.3) is 0 Å². The van der Waals surface area contributed by atoms with E-state index in [1.807, 2.05) is 0 Å². The van der Waals surface area contributed by atoms with Crippen molar-refractivity contribution in [3.8, 4) is 11.7 Å². The number of rotatable bonds is 5. The quantitative estimate of drug-likeness (QED) is 0.540. The van der Waals surface area contributed by atoms with E-state index in [9.17, 15) is 24.6 Å². The third-order valence-corrected chi connectivity index (χ3v) is 3.46.